The molecule has 1 aromatic heterocycles. The van der Waals surface area contributed by atoms with E-state index < -0.39 is 5.60 Å². The summed E-state index contributed by atoms with van der Waals surface area (Å²) in [5, 5.41) is 13.6. The van der Waals surface area contributed by atoms with Gasteiger partial charge in [-0.25, -0.2) is 0 Å². The Morgan fingerprint density at radius 1 is 1.30 bits per heavy atom. The maximum Gasteiger partial charge on any atom is 0.287 e. The van der Waals surface area contributed by atoms with Crippen LogP contribution in [0.2, 0.25) is 0 Å². The number of hydrogen-bond donors (Lipinski definition) is 2. The van der Waals surface area contributed by atoms with Gasteiger partial charge in [-0.15, -0.1) is 0 Å². The molecule has 4 heteroatoms. The minimum absolute atomic E-state index is 0.198. The number of nitrogens with one attached hydrogen (secondary N) is 1. The van der Waals surface area contributed by atoms with E-state index in [2.05, 4.69) is 5.32 Å². The number of furan rings is 1. The van der Waals surface area contributed by atoms with Crippen LogP contribution in [0.15, 0.2) is 47.1 Å². The molecule has 0 saturated carbocycles. The number of amides is 1. The molecule has 104 valence electrons. The van der Waals surface area contributed by atoms with Crippen LogP contribution in [-0.4, -0.2) is 17.6 Å². The first-order valence-corrected chi connectivity index (χ1v) is 6.81. The van der Waals surface area contributed by atoms with E-state index in [4.69, 9.17) is 4.42 Å². The van der Waals surface area contributed by atoms with Crippen molar-refractivity contribution in [3.63, 3.8) is 0 Å². The molecule has 20 heavy (non-hydrogen) atoms. The van der Waals surface area contributed by atoms with Gasteiger partial charge in [0, 0.05) is 0 Å². The molecule has 0 radical (unpaired) electrons. The van der Waals surface area contributed by atoms with Gasteiger partial charge in [-0.05, 0) is 42.5 Å². The number of carbonyl (C=O) groups is 1. The van der Waals surface area contributed by atoms with Crippen molar-refractivity contribution in [2.75, 3.05) is 6.54 Å². The van der Waals surface area contributed by atoms with Gasteiger partial charge in [0.05, 0.1) is 12.8 Å². The van der Waals surface area contributed by atoms with Crippen LogP contribution in [0.5, 0.6) is 0 Å². The molecule has 1 aliphatic rings. The van der Waals surface area contributed by atoms with Crippen LogP contribution in [0.25, 0.3) is 0 Å². The molecule has 0 saturated heterocycles. The summed E-state index contributed by atoms with van der Waals surface area (Å²) in [6.45, 7) is 0.198. The Kier molecular flexibility index (Phi) is 3.32. The van der Waals surface area contributed by atoms with Crippen molar-refractivity contribution in [1.29, 1.82) is 0 Å². The average Bonchev–Trinajstić information content (AvgIpc) is 3.00. The average molecular weight is 271 g/mol. The number of carbonyl (C=O) groups excluding carboxylic acids is 1. The normalized spacial score (nSPS) is 21.2. The summed E-state index contributed by atoms with van der Waals surface area (Å²) in [7, 11) is 0. The van der Waals surface area contributed by atoms with E-state index in [1.807, 2.05) is 24.3 Å². The second-order valence-corrected chi connectivity index (χ2v) is 5.20. The minimum Gasteiger partial charge on any atom is -0.459 e. The van der Waals surface area contributed by atoms with E-state index in [9.17, 15) is 9.90 Å². The molecule has 1 aromatic carbocycles. The van der Waals surface area contributed by atoms with E-state index >= 15 is 0 Å². The summed E-state index contributed by atoms with van der Waals surface area (Å²) < 4.78 is 5.04. The maximum atomic E-state index is 11.9. The van der Waals surface area contributed by atoms with Crippen LogP contribution in [0.1, 0.15) is 34.5 Å². The predicted molar refractivity (Wildman–Crippen MR) is 74.3 cm³/mol. The third-order valence-corrected chi connectivity index (χ3v) is 3.84. The van der Waals surface area contributed by atoms with E-state index in [1.165, 1.54) is 6.26 Å². The predicted octanol–water partition coefficient (Wildman–Crippen LogP) is 2.23. The van der Waals surface area contributed by atoms with Crippen molar-refractivity contribution in [2.45, 2.75) is 24.9 Å². The summed E-state index contributed by atoms with van der Waals surface area (Å²) >= 11 is 0. The molecule has 1 atom stereocenters. The lowest BCUT2D eigenvalue weighted by atomic mass is 9.79. The zero-order chi connectivity index (χ0) is 14.0. The molecule has 1 amide bonds. The molecular formula is C16H17NO3. The summed E-state index contributed by atoms with van der Waals surface area (Å²) in [5.41, 5.74) is 1.09. The lowest BCUT2D eigenvalue weighted by Crippen LogP contribution is -2.42. The van der Waals surface area contributed by atoms with Gasteiger partial charge in [0.25, 0.3) is 5.91 Å². The Bertz CT molecular complexity index is 606. The third kappa shape index (κ3) is 2.34. The van der Waals surface area contributed by atoms with E-state index in [0.717, 1.165) is 24.0 Å². The molecule has 0 bridgehead atoms. The largest absolute Gasteiger partial charge is 0.459 e. The first-order valence-electron chi connectivity index (χ1n) is 6.81. The number of aliphatic hydroxyl groups is 1. The van der Waals surface area contributed by atoms with Gasteiger partial charge in [0.15, 0.2) is 5.76 Å². The molecule has 1 unspecified atom stereocenters. The topological polar surface area (TPSA) is 62.5 Å². The molecule has 4 nitrogen and oxygen atoms in total. The van der Waals surface area contributed by atoms with Gasteiger partial charge in [0.2, 0.25) is 0 Å². The first-order chi connectivity index (χ1) is 9.69. The number of hydrogen-bond acceptors (Lipinski definition) is 3. The van der Waals surface area contributed by atoms with E-state index in [-0.39, 0.29) is 18.2 Å². The van der Waals surface area contributed by atoms with Crippen LogP contribution in [0.3, 0.4) is 0 Å². The summed E-state index contributed by atoms with van der Waals surface area (Å²) in [5.74, 6) is -0.0378. The number of benzene rings is 1. The highest BCUT2D eigenvalue weighted by molar-refractivity contribution is 5.91. The van der Waals surface area contributed by atoms with Crippen molar-refractivity contribution >= 4 is 5.91 Å². The van der Waals surface area contributed by atoms with Gasteiger partial charge in [-0.2, -0.15) is 0 Å². The van der Waals surface area contributed by atoms with Crippen molar-refractivity contribution in [2.24, 2.45) is 0 Å². The second-order valence-electron chi connectivity index (χ2n) is 5.20. The molecule has 1 heterocycles. The van der Waals surface area contributed by atoms with Crippen molar-refractivity contribution < 1.29 is 14.3 Å². The number of fused-ring (bicyclic) bond motifs is 1. The fourth-order valence-corrected chi connectivity index (χ4v) is 2.80. The SMILES string of the molecule is O=C(NCC1(O)CCCc2ccccc21)c1ccco1. The fourth-order valence-electron chi connectivity index (χ4n) is 2.80. The highest BCUT2D eigenvalue weighted by Gasteiger charge is 2.34. The standard InChI is InChI=1S/C16H17NO3/c18-15(14-8-4-10-20-14)17-11-16(19)9-3-6-12-5-1-2-7-13(12)16/h1-2,4-5,7-8,10,19H,3,6,9,11H2,(H,17,18). The Hall–Kier alpha value is -2.07. The Balaban J connectivity index is 1.76. The van der Waals surface area contributed by atoms with Gasteiger partial charge in [-0.1, -0.05) is 24.3 Å². The zero-order valence-electron chi connectivity index (χ0n) is 11.1. The van der Waals surface area contributed by atoms with Crippen LogP contribution < -0.4 is 5.32 Å². The molecule has 0 spiro atoms. The molecule has 1 aliphatic carbocycles. The third-order valence-electron chi connectivity index (χ3n) is 3.84. The molecular weight excluding hydrogens is 254 g/mol. The van der Waals surface area contributed by atoms with Crippen LogP contribution in [-0.2, 0) is 12.0 Å². The van der Waals surface area contributed by atoms with Crippen molar-refractivity contribution in [3.8, 4) is 0 Å². The molecule has 0 fully saturated rings. The monoisotopic (exact) mass is 271 g/mol. The van der Waals surface area contributed by atoms with Gasteiger partial charge in [-0.3, -0.25) is 4.79 Å². The summed E-state index contributed by atoms with van der Waals surface area (Å²) in [6, 6.07) is 11.1. The zero-order valence-corrected chi connectivity index (χ0v) is 11.1. The Labute approximate surface area is 117 Å². The fraction of sp³-hybridized carbons (Fsp3) is 0.312. The van der Waals surface area contributed by atoms with Gasteiger partial charge < -0.3 is 14.8 Å². The quantitative estimate of drug-likeness (QED) is 0.900. The van der Waals surface area contributed by atoms with Crippen LogP contribution in [0.4, 0.5) is 0 Å². The molecule has 2 N–H and O–H groups in total. The molecule has 0 aliphatic heterocycles. The summed E-state index contributed by atoms with van der Waals surface area (Å²) in [4.78, 5) is 11.9. The smallest absolute Gasteiger partial charge is 0.287 e. The van der Waals surface area contributed by atoms with Crippen LogP contribution >= 0.6 is 0 Å². The van der Waals surface area contributed by atoms with Gasteiger partial charge >= 0.3 is 0 Å². The Morgan fingerprint density at radius 3 is 2.95 bits per heavy atom. The van der Waals surface area contributed by atoms with E-state index in [1.54, 1.807) is 12.1 Å². The Morgan fingerprint density at radius 2 is 2.15 bits per heavy atom. The second kappa shape index (κ2) is 5.13. The first kappa shape index (κ1) is 12.9. The summed E-state index contributed by atoms with van der Waals surface area (Å²) in [6.07, 6.45) is 4.01. The number of aryl methyl sites for hydroxylation is 1. The lowest BCUT2D eigenvalue weighted by Gasteiger charge is -2.34. The van der Waals surface area contributed by atoms with E-state index in [0.29, 0.717) is 6.42 Å². The molecule has 2 aromatic rings. The number of rotatable bonds is 3. The van der Waals surface area contributed by atoms with Crippen molar-refractivity contribution in [3.05, 3.63) is 59.5 Å². The highest BCUT2D eigenvalue weighted by Crippen LogP contribution is 2.34. The van der Waals surface area contributed by atoms with Gasteiger partial charge in [0.1, 0.15) is 5.60 Å². The molecule has 3 rings (SSSR count). The highest BCUT2D eigenvalue weighted by atomic mass is 16.3. The lowest BCUT2D eigenvalue weighted by molar-refractivity contribution is 0.0186. The van der Waals surface area contributed by atoms with Crippen LogP contribution in [0, 0.1) is 0 Å². The van der Waals surface area contributed by atoms with Crippen molar-refractivity contribution in [1.82, 2.24) is 5.32 Å². The maximum absolute atomic E-state index is 11.9. The minimum atomic E-state index is -0.989.